The van der Waals surface area contributed by atoms with E-state index in [2.05, 4.69) is 28.1 Å². The van der Waals surface area contributed by atoms with Gasteiger partial charge in [0.2, 0.25) is 10.0 Å². The average Bonchev–Trinajstić information content (AvgIpc) is 2.86. The molecule has 0 saturated carbocycles. The Morgan fingerprint density at radius 2 is 1.72 bits per heavy atom. The minimum atomic E-state index is -3.86. The number of sulfonamides is 1. The van der Waals surface area contributed by atoms with Crippen molar-refractivity contribution < 1.29 is 17.9 Å². The molecule has 0 N–H and O–H groups in total. The van der Waals surface area contributed by atoms with E-state index in [0.717, 1.165) is 29.3 Å². The number of hydrogen-bond acceptors (Lipinski definition) is 4. The molecule has 5 nitrogen and oxygen atoms in total. The lowest BCUT2D eigenvalue weighted by molar-refractivity contribution is 0.0471. The van der Waals surface area contributed by atoms with Gasteiger partial charge in [-0.1, -0.05) is 69.5 Å². The van der Waals surface area contributed by atoms with Crippen molar-refractivity contribution >= 4 is 55.1 Å². The largest absolute Gasteiger partial charge is 0.457 e. The molecule has 190 valence electrons. The van der Waals surface area contributed by atoms with Gasteiger partial charge in [-0.2, -0.15) is 4.31 Å². The number of carbonyl (C=O) groups excluding carboxylic acids is 1. The smallest absolute Gasteiger partial charge is 0.338 e. The van der Waals surface area contributed by atoms with Crippen molar-refractivity contribution in [3.05, 3.63) is 97.4 Å². The fourth-order valence-corrected chi connectivity index (χ4v) is 7.02. The van der Waals surface area contributed by atoms with Crippen molar-refractivity contribution in [3.8, 4) is 0 Å². The van der Waals surface area contributed by atoms with Crippen molar-refractivity contribution in [1.29, 1.82) is 0 Å². The summed E-state index contributed by atoms with van der Waals surface area (Å²) in [5.74, 6) is -0.224. The van der Waals surface area contributed by atoms with E-state index in [4.69, 9.17) is 27.9 Å². The molecule has 0 spiro atoms. The number of ether oxygens (including phenoxy) is 1. The molecule has 3 aromatic rings. The van der Waals surface area contributed by atoms with Crippen LogP contribution in [0, 0.1) is 12.8 Å². The molecule has 1 aliphatic heterocycles. The van der Waals surface area contributed by atoms with Crippen LogP contribution in [0.1, 0.15) is 39.9 Å². The first-order valence-corrected chi connectivity index (χ1v) is 14.6. The number of piperidine rings is 1. The molecule has 0 amide bonds. The number of benzene rings is 3. The second-order valence-corrected chi connectivity index (χ2v) is 12.5. The summed E-state index contributed by atoms with van der Waals surface area (Å²) in [4.78, 5) is 12.7. The Bertz CT molecular complexity index is 1360. The van der Waals surface area contributed by atoms with Gasteiger partial charge in [0.25, 0.3) is 0 Å². The number of aryl methyl sites for hydroxylation is 1. The van der Waals surface area contributed by atoms with Gasteiger partial charge in [-0.3, -0.25) is 0 Å². The molecule has 0 aliphatic carbocycles. The molecular formula is C27H26BrCl2NO4S. The van der Waals surface area contributed by atoms with Crippen LogP contribution < -0.4 is 0 Å². The molecule has 0 unspecified atom stereocenters. The Labute approximate surface area is 230 Å². The van der Waals surface area contributed by atoms with Crippen LogP contribution in [0.5, 0.6) is 0 Å². The fourth-order valence-electron chi connectivity index (χ4n) is 4.29. The first-order chi connectivity index (χ1) is 17.1. The van der Waals surface area contributed by atoms with Gasteiger partial charge in [0.1, 0.15) is 11.5 Å². The van der Waals surface area contributed by atoms with E-state index in [9.17, 15) is 13.2 Å². The Hall–Kier alpha value is -1.90. The normalized spacial score (nSPS) is 15.1. The van der Waals surface area contributed by atoms with Gasteiger partial charge < -0.3 is 4.74 Å². The van der Waals surface area contributed by atoms with Gasteiger partial charge in [0.15, 0.2) is 0 Å². The lowest BCUT2D eigenvalue weighted by Gasteiger charge is -2.31. The number of nitrogens with zero attached hydrogens (tertiary/aromatic N) is 1. The van der Waals surface area contributed by atoms with Crippen LogP contribution in [0.3, 0.4) is 0 Å². The van der Waals surface area contributed by atoms with Crippen molar-refractivity contribution in [2.24, 2.45) is 5.92 Å². The van der Waals surface area contributed by atoms with Crippen LogP contribution in [0.15, 0.2) is 70.0 Å². The van der Waals surface area contributed by atoms with Crippen LogP contribution in [0.2, 0.25) is 10.0 Å². The third-order valence-corrected chi connectivity index (χ3v) is 9.94. The molecule has 0 radical (unpaired) electrons. The van der Waals surface area contributed by atoms with Gasteiger partial charge in [-0.25, -0.2) is 13.2 Å². The topological polar surface area (TPSA) is 63.7 Å². The number of carbonyl (C=O) groups is 1. The molecule has 1 saturated heterocycles. The lowest BCUT2D eigenvalue weighted by Crippen LogP contribution is -2.39. The van der Waals surface area contributed by atoms with E-state index in [1.165, 1.54) is 28.1 Å². The minimum absolute atomic E-state index is 0.0148. The molecule has 3 aromatic carbocycles. The van der Waals surface area contributed by atoms with Gasteiger partial charge in [-0.05, 0) is 73.6 Å². The van der Waals surface area contributed by atoms with E-state index in [-0.39, 0.29) is 22.1 Å². The van der Waals surface area contributed by atoms with Crippen molar-refractivity contribution in [1.82, 2.24) is 4.31 Å². The van der Waals surface area contributed by atoms with Crippen LogP contribution in [0.25, 0.3) is 0 Å². The summed E-state index contributed by atoms with van der Waals surface area (Å²) in [7, 11) is -3.86. The summed E-state index contributed by atoms with van der Waals surface area (Å²) in [6, 6.07) is 18.0. The van der Waals surface area contributed by atoms with Crippen LogP contribution in [-0.2, 0) is 27.8 Å². The molecule has 9 heteroatoms. The molecular weight excluding hydrogens is 585 g/mol. The highest BCUT2D eigenvalue weighted by Crippen LogP contribution is 2.31. The summed E-state index contributed by atoms with van der Waals surface area (Å²) in [5, 5.41) is 0.641. The molecule has 1 fully saturated rings. The van der Waals surface area contributed by atoms with E-state index >= 15 is 0 Å². The standard InChI is InChI=1S/C27H26BrCl2NO4S/c1-18-13-23(28)22(15-25(18)30)17-35-27(32)21-7-8-24(29)26(16-21)36(33,34)31-11-9-20(10-12-31)14-19-5-3-2-4-6-19/h2-8,13,15-16,20H,9-12,14,17H2,1H3. The molecule has 4 rings (SSSR count). The van der Waals surface area contributed by atoms with Gasteiger partial charge in [-0.15, -0.1) is 0 Å². The maximum Gasteiger partial charge on any atom is 0.338 e. The summed E-state index contributed by atoms with van der Waals surface area (Å²) >= 11 is 15.9. The second kappa shape index (κ2) is 11.7. The molecule has 0 atom stereocenters. The first kappa shape index (κ1) is 27.1. The molecule has 1 aliphatic rings. The van der Waals surface area contributed by atoms with E-state index in [1.807, 2.05) is 31.2 Å². The predicted octanol–water partition coefficient (Wildman–Crippen LogP) is 7.06. The second-order valence-electron chi connectivity index (χ2n) is 8.95. The Kier molecular flexibility index (Phi) is 8.79. The quantitative estimate of drug-likeness (QED) is 0.269. The maximum absolute atomic E-state index is 13.4. The SMILES string of the molecule is Cc1cc(Br)c(COC(=O)c2ccc(Cl)c(S(=O)(=O)N3CCC(Cc4ccccc4)CC3)c2)cc1Cl. The number of rotatable bonds is 7. The van der Waals surface area contributed by atoms with Crippen LogP contribution in [0.4, 0.5) is 0 Å². The Balaban J connectivity index is 1.43. The van der Waals surface area contributed by atoms with E-state index < -0.39 is 16.0 Å². The Morgan fingerprint density at radius 1 is 1.03 bits per heavy atom. The highest BCUT2D eigenvalue weighted by molar-refractivity contribution is 9.10. The average molecular weight is 611 g/mol. The highest BCUT2D eigenvalue weighted by Gasteiger charge is 2.31. The molecule has 36 heavy (non-hydrogen) atoms. The van der Waals surface area contributed by atoms with Gasteiger partial charge in [0, 0.05) is 28.1 Å². The zero-order chi connectivity index (χ0) is 25.9. The zero-order valence-corrected chi connectivity index (χ0v) is 23.6. The van der Waals surface area contributed by atoms with Gasteiger partial charge in [0.05, 0.1) is 10.6 Å². The summed E-state index contributed by atoms with van der Waals surface area (Å²) in [6.45, 7) is 2.68. The lowest BCUT2D eigenvalue weighted by atomic mass is 9.91. The minimum Gasteiger partial charge on any atom is -0.457 e. The molecule has 1 heterocycles. The van der Waals surface area contributed by atoms with Gasteiger partial charge >= 0.3 is 5.97 Å². The fraction of sp³-hybridized carbons (Fsp3) is 0.296. The third kappa shape index (κ3) is 6.32. The van der Waals surface area contributed by atoms with Crippen LogP contribution in [-0.4, -0.2) is 31.8 Å². The van der Waals surface area contributed by atoms with Crippen LogP contribution >= 0.6 is 39.1 Å². The van der Waals surface area contributed by atoms with E-state index in [1.54, 1.807) is 6.07 Å². The maximum atomic E-state index is 13.4. The summed E-state index contributed by atoms with van der Waals surface area (Å²) < 4.78 is 34.5. The number of esters is 1. The van der Waals surface area contributed by atoms with Crippen molar-refractivity contribution in [3.63, 3.8) is 0 Å². The van der Waals surface area contributed by atoms with E-state index in [0.29, 0.717) is 29.6 Å². The molecule has 0 bridgehead atoms. The third-order valence-electron chi connectivity index (χ3n) is 6.41. The zero-order valence-electron chi connectivity index (χ0n) is 19.7. The number of halogens is 3. The highest BCUT2D eigenvalue weighted by atomic mass is 79.9. The van der Waals surface area contributed by atoms with Crippen molar-refractivity contribution in [2.45, 2.75) is 37.7 Å². The monoisotopic (exact) mass is 609 g/mol. The molecule has 0 aromatic heterocycles. The predicted molar refractivity (Wildman–Crippen MR) is 146 cm³/mol. The number of hydrogen-bond donors (Lipinski definition) is 0. The van der Waals surface area contributed by atoms with Crippen molar-refractivity contribution in [2.75, 3.05) is 13.1 Å². The summed E-state index contributed by atoms with van der Waals surface area (Å²) in [5.41, 5.74) is 2.98. The summed E-state index contributed by atoms with van der Waals surface area (Å²) in [6.07, 6.45) is 2.46. The Morgan fingerprint density at radius 3 is 2.42 bits per heavy atom. The first-order valence-electron chi connectivity index (χ1n) is 11.6.